The van der Waals surface area contributed by atoms with Crippen LogP contribution in [-0.2, 0) is 17.8 Å². The largest absolute Gasteiger partial charge is 0.493 e. The molecule has 2 N–H and O–H groups in total. The minimum Gasteiger partial charge on any atom is -0.493 e. The van der Waals surface area contributed by atoms with Gasteiger partial charge in [0.2, 0.25) is 0 Å². The van der Waals surface area contributed by atoms with Crippen molar-refractivity contribution in [3.8, 4) is 11.5 Å². The van der Waals surface area contributed by atoms with E-state index in [9.17, 15) is 0 Å². The molecular formula is C20H31N5O3. The third kappa shape index (κ3) is 5.39. The van der Waals surface area contributed by atoms with Crippen LogP contribution in [0.3, 0.4) is 0 Å². The Bertz CT molecular complexity index is 801. The topological polar surface area (TPSA) is 81.9 Å². The van der Waals surface area contributed by atoms with Crippen molar-refractivity contribution in [3.05, 3.63) is 35.2 Å². The van der Waals surface area contributed by atoms with Crippen LogP contribution in [0.15, 0.2) is 23.2 Å². The zero-order valence-electron chi connectivity index (χ0n) is 17.6. The van der Waals surface area contributed by atoms with Crippen LogP contribution in [0, 0.1) is 13.8 Å². The first kappa shape index (κ1) is 21.6. The Labute approximate surface area is 166 Å². The van der Waals surface area contributed by atoms with Gasteiger partial charge in [0.05, 0.1) is 39.6 Å². The number of methoxy groups -OCH3 is 3. The van der Waals surface area contributed by atoms with E-state index in [0.29, 0.717) is 30.6 Å². The van der Waals surface area contributed by atoms with Gasteiger partial charge in [-0.25, -0.2) is 4.99 Å². The Balaban J connectivity index is 2.18. The number of aliphatic imine (C=N–C) groups is 1. The number of nitrogens with one attached hydrogen (secondary N) is 2. The normalized spacial score (nSPS) is 11.4. The first-order valence-electron chi connectivity index (χ1n) is 9.33. The van der Waals surface area contributed by atoms with Gasteiger partial charge in [0.15, 0.2) is 17.5 Å². The summed E-state index contributed by atoms with van der Waals surface area (Å²) in [5, 5.41) is 11.2. The third-order valence-corrected chi connectivity index (χ3v) is 4.42. The number of ether oxygens (including phenoxy) is 3. The van der Waals surface area contributed by atoms with Crippen LogP contribution in [0.1, 0.15) is 23.9 Å². The standard InChI is InChI=1S/C20H31N5O3/c1-7-21-20(23-16-8-9-18(27-5)19(12-16)28-6)22-13-17-14(2)24-25(15(17)3)10-11-26-4/h8-9,12H,7,10-11,13H2,1-6H3,(H2,21,22,23). The van der Waals surface area contributed by atoms with Gasteiger partial charge < -0.3 is 24.8 Å². The fourth-order valence-corrected chi connectivity index (χ4v) is 2.87. The van der Waals surface area contributed by atoms with Crippen molar-refractivity contribution in [1.29, 1.82) is 0 Å². The Hall–Kier alpha value is -2.74. The maximum atomic E-state index is 5.37. The van der Waals surface area contributed by atoms with Crippen LogP contribution >= 0.6 is 0 Å². The molecule has 0 aliphatic rings. The van der Waals surface area contributed by atoms with E-state index in [-0.39, 0.29) is 0 Å². The molecule has 0 aliphatic carbocycles. The number of benzene rings is 1. The summed E-state index contributed by atoms with van der Waals surface area (Å²) in [4.78, 5) is 4.73. The van der Waals surface area contributed by atoms with Crippen LogP contribution in [0.2, 0.25) is 0 Å². The highest BCUT2D eigenvalue weighted by molar-refractivity contribution is 5.93. The highest BCUT2D eigenvalue weighted by Gasteiger charge is 2.12. The molecule has 1 aromatic carbocycles. The summed E-state index contributed by atoms with van der Waals surface area (Å²) in [6.07, 6.45) is 0. The summed E-state index contributed by atoms with van der Waals surface area (Å²) in [5.74, 6) is 2.04. The van der Waals surface area contributed by atoms with Gasteiger partial charge in [-0.2, -0.15) is 5.10 Å². The maximum Gasteiger partial charge on any atom is 0.196 e. The minimum atomic E-state index is 0.535. The first-order valence-corrected chi connectivity index (χ1v) is 9.33. The number of guanidine groups is 1. The Morgan fingerprint density at radius 2 is 1.89 bits per heavy atom. The highest BCUT2D eigenvalue weighted by atomic mass is 16.5. The van der Waals surface area contributed by atoms with Gasteiger partial charge >= 0.3 is 0 Å². The maximum absolute atomic E-state index is 5.37. The van der Waals surface area contributed by atoms with Crippen molar-refractivity contribution < 1.29 is 14.2 Å². The lowest BCUT2D eigenvalue weighted by Gasteiger charge is -2.14. The van der Waals surface area contributed by atoms with Gasteiger partial charge in [-0.3, -0.25) is 4.68 Å². The van der Waals surface area contributed by atoms with Crippen molar-refractivity contribution in [2.24, 2.45) is 4.99 Å². The van der Waals surface area contributed by atoms with Gasteiger partial charge in [-0.1, -0.05) is 0 Å². The Morgan fingerprint density at radius 1 is 1.14 bits per heavy atom. The van der Waals surface area contributed by atoms with Gasteiger partial charge in [0, 0.05) is 36.7 Å². The second-order valence-corrected chi connectivity index (χ2v) is 6.26. The van der Waals surface area contributed by atoms with E-state index >= 15 is 0 Å². The smallest absolute Gasteiger partial charge is 0.196 e. The molecule has 154 valence electrons. The van der Waals surface area contributed by atoms with Crippen molar-refractivity contribution in [2.75, 3.05) is 39.8 Å². The summed E-state index contributed by atoms with van der Waals surface area (Å²) < 4.78 is 17.8. The molecule has 0 amide bonds. The van der Waals surface area contributed by atoms with Gasteiger partial charge in [-0.05, 0) is 32.9 Å². The molecule has 8 nitrogen and oxygen atoms in total. The average molecular weight is 390 g/mol. The summed E-state index contributed by atoms with van der Waals surface area (Å²) in [6, 6.07) is 5.66. The molecule has 0 bridgehead atoms. The van der Waals surface area contributed by atoms with Crippen molar-refractivity contribution in [2.45, 2.75) is 33.9 Å². The first-order chi connectivity index (χ1) is 13.5. The van der Waals surface area contributed by atoms with E-state index < -0.39 is 0 Å². The monoisotopic (exact) mass is 389 g/mol. The number of rotatable bonds is 9. The molecule has 1 heterocycles. The van der Waals surface area contributed by atoms with E-state index in [1.807, 2.05) is 36.7 Å². The van der Waals surface area contributed by atoms with Crippen LogP contribution in [-0.4, -0.2) is 50.2 Å². The molecule has 0 fully saturated rings. The summed E-state index contributed by atoms with van der Waals surface area (Å²) >= 11 is 0. The molecule has 2 aromatic rings. The zero-order chi connectivity index (χ0) is 20.5. The fraction of sp³-hybridized carbons (Fsp3) is 0.500. The lowest BCUT2D eigenvalue weighted by atomic mass is 10.2. The lowest BCUT2D eigenvalue weighted by Crippen LogP contribution is -2.30. The Kier molecular flexibility index (Phi) is 8.13. The molecule has 0 spiro atoms. The van der Waals surface area contributed by atoms with Crippen LogP contribution in [0.5, 0.6) is 11.5 Å². The van der Waals surface area contributed by atoms with Crippen molar-refractivity contribution in [1.82, 2.24) is 15.1 Å². The average Bonchev–Trinajstić information content (AvgIpc) is 2.97. The molecule has 0 saturated carbocycles. The van der Waals surface area contributed by atoms with Crippen LogP contribution in [0.25, 0.3) is 0 Å². The number of aromatic nitrogens is 2. The second-order valence-electron chi connectivity index (χ2n) is 6.26. The lowest BCUT2D eigenvalue weighted by molar-refractivity contribution is 0.182. The quantitative estimate of drug-likeness (QED) is 0.507. The predicted molar refractivity (Wildman–Crippen MR) is 112 cm³/mol. The second kappa shape index (κ2) is 10.6. The fourth-order valence-electron chi connectivity index (χ4n) is 2.87. The van der Waals surface area contributed by atoms with Crippen molar-refractivity contribution >= 4 is 11.6 Å². The van der Waals surface area contributed by atoms with Crippen LogP contribution < -0.4 is 20.1 Å². The summed E-state index contributed by atoms with van der Waals surface area (Å²) in [7, 11) is 4.93. The molecule has 2 rings (SSSR count). The highest BCUT2D eigenvalue weighted by Crippen LogP contribution is 2.29. The minimum absolute atomic E-state index is 0.535. The molecular weight excluding hydrogens is 358 g/mol. The molecule has 8 heteroatoms. The van der Waals surface area contributed by atoms with Crippen molar-refractivity contribution in [3.63, 3.8) is 0 Å². The number of anilines is 1. The van der Waals surface area contributed by atoms with E-state index in [4.69, 9.17) is 19.2 Å². The molecule has 0 radical (unpaired) electrons. The van der Waals surface area contributed by atoms with Gasteiger partial charge in [0.1, 0.15) is 0 Å². The van der Waals surface area contributed by atoms with Crippen LogP contribution in [0.4, 0.5) is 5.69 Å². The molecule has 1 aromatic heterocycles. The number of aryl methyl sites for hydroxylation is 1. The van der Waals surface area contributed by atoms with E-state index in [1.165, 1.54) is 0 Å². The SMILES string of the molecule is CCNC(=NCc1c(C)nn(CCOC)c1C)Nc1ccc(OC)c(OC)c1. The van der Waals surface area contributed by atoms with E-state index in [1.54, 1.807) is 21.3 Å². The van der Waals surface area contributed by atoms with E-state index in [2.05, 4.69) is 22.7 Å². The van der Waals surface area contributed by atoms with Gasteiger partial charge in [0.25, 0.3) is 0 Å². The summed E-state index contributed by atoms with van der Waals surface area (Å²) in [6.45, 7) is 8.76. The summed E-state index contributed by atoms with van der Waals surface area (Å²) in [5.41, 5.74) is 4.08. The third-order valence-electron chi connectivity index (χ3n) is 4.42. The molecule has 28 heavy (non-hydrogen) atoms. The zero-order valence-corrected chi connectivity index (χ0v) is 17.6. The van der Waals surface area contributed by atoms with E-state index in [0.717, 1.165) is 35.7 Å². The molecule has 0 atom stereocenters. The predicted octanol–water partition coefficient (Wildman–Crippen LogP) is 2.74. The molecule has 0 unspecified atom stereocenters. The number of hydrogen-bond acceptors (Lipinski definition) is 5. The molecule has 0 aliphatic heterocycles. The molecule has 0 saturated heterocycles. The Morgan fingerprint density at radius 3 is 2.54 bits per heavy atom. The van der Waals surface area contributed by atoms with Gasteiger partial charge in [-0.15, -0.1) is 0 Å². The number of nitrogens with zero attached hydrogens (tertiary/aromatic N) is 3. The number of hydrogen-bond donors (Lipinski definition) is 2.